The Labute approximate surface area is 279 Å². The van der Waals surface area contributed by atoms with Crippen molar-refractivity contribution in [1.82, 2.24) is 9.44 Å². The predicted octanol–water partition coefficient (Wildman–Crippen LogP) is 2.60. The van der Waals surface area contributed by atoms with Crippen molar-refractivity contribution in [3.63, 3.8) is 0 Å². The Morgan fingerprint density at radius 2 is 0.958 bits per heavy atom. The van der Waals surface area contributed by atoms with Gasteiger partial charge in [0.15, 0.2) is 11.5 Å². The van der Waals surface area contributed by atoms with Gasteiger partial charge in [0.2, 0.25) is 20.0 Å². The fraction of sp³-hybridized carbons (Fsp3) is 0.267. The van der Waals surface area contributed by atoms with Crippen molar-refractivity contribution in [2.75, 3.05) is 39.5 Å². The van der Waals surface area contributed by atoms with Crippen LogP contribution in [-0.2, 0) is 49.8 Å². The molecular weight excluding hydrogens is 709 g/mol. The van der Waals surface area contributed by atoms with Gasteiger partial charge in [-0.1, -0.05) is 35.4 Å². The third kappa shape index (κ3) is 8.32. The second-order valence-electron chi connectivity index (χ2n) is 10.7. The van der Waals surface area contributed by atoms with Crippen molar-refractivity contribution in [3.8, 4) is 11.5 Å². The van der Waals surface area contributed by atoms with Crippen molar-refractivity contribution < 1.29 is 51.5 Å². The van der Waals surface area contributed by atoms with Gasteiger partial charge in [0.1, 0.15) is 9.79 Å². The summed E-state index contributed by atoms with van der Waals surface area (Å²) < 4.78 is 134. The van der Waals surface area contributed by atoms with Crippen molar-refractivity contribution in [3.05, 3.63) is 83.9 Å². The summed E-state index contributed by atoms with van der Waals surface area (Å²) in [5.41, 5.74) is 1.51. The number of aryl methyl sites for hydroxylation is 2. The van der Waals surface area contributed by atoms with Gasteiger partial charge in [0.05, 0.1) is 41.6 Å². The minimum Gasteiger partial charge on any atom is -0.378 e. The number of benzene rings is 4. The molecule has 3 bridgehead atoms. The van der Waals surface area contributed by atoms with E-state index in [0.717, 1.165) is 35.4 Å². The molecule has 0 spiro atoms. The number of hydrogen-bond acceptors (Lipinski definition) is 12. The molecule has 0 aromatic heterocycles. The molecule has 0 atom stereocenters. The van der Waals surface area contributed by atoms with Gasteiger partial charge in [-0.3, -0.25) is 0 Å². The first kappa shape index (κ1) is 35.7. The number of ether oxygens (including phenoxy) is 2. The molecule has 1 aliphatic heterocycles. The third-order valence-electron chi connectivity index (χ3n) is 7.01. The summed E-state index contributed by atoms with van der Waals surface area (Å²) in [5.74, 6) is -1.27. The zero-order valence-electron chi connectivity index (χ0n) is 25.7. The Morgan fingerprint density at radius 1 is 0.583 bits per heavy atom. The van der Waals surface area contributed by atoms with Crippen molar-refractivity contribution in [1.29, 1.82) is 0 Å². The monoisotopic (exact) mass is 740 g/mol. The van der Waals surface area contributed by atoms with Crippen LogP contribution in [0.1, 0.15) is 11.1 Å². The number of hydrogen-bond donors (Lipinski definition) is 2. The average molecular weight is 741 g/mol. The number of fused-ring (bicyclic) bond motifs is 2. The standard InChI is InChI=1S/C30H32N2O12S4/c1-21-3-7-24(8-4-21)47(37,38)43-28-19-26-17-23-18-27(20-29(30(23)28)44-48(39,40)25-9-5-22(2)6-10-25)46(35,36)32-12-14-42-16-15-41-13-11-31-45(26,33)34/h3-10,17-20,31-32H,11-16H2,1-2H3. The Kier molecular flexibility index (Phi) is 10.5. The Balaban J connectivity index is 1.77. The van der Waals surface area contributed by atoms with Crippen LogP contribution in [0.2, 0.25) is 0 Å². The summed E-state index contributed by atoms with van der Waals surface area (Å²) in [7, 11) is -18.1. The molecule has 0 saturated heterocycles. The van der Waals surface area contributed by atoms with Gasteiger partial charge in [0.25, 0.3) is 0 Å². The molecule has 14 nitrogen and oxygen atoms in total. The highest BCUT2D eigenvalue weighted by Crippen LogP contribution is 2.41. The SMILES string of the molecule is Cc1ccc(S(=O)(=O)Oc2cc3cc4cc(cc(OS(=O)(=O)c5ccc(C)cc5)c24)S(=O)(=O)NCCOCCOCCNS3(=O)=O)cc1. The number of rotatable bonds is 6. The van der Waals surface area contributed by atoms with Crippen LogP contribution >= 0.6 is 0 Å². The van der Waals surface area contributed by atoms with Crippen LogP contribution in [0.25, 0.3) is 10.8 Å². The molecule has 0 fully saturated rings. The highest BCUT2D eigenvalue weighted by Gasteiger charge is 2.28. The molecule has 4 aromatic carbocycles. The van der Waals surface area contributed by atoms with Crippen LogP contribution in [0, 0.1) is 13.8 Å². The van der Waals surface area contributed by atoms with Crippen LogP contribution in [0.3, 0.4) is 0 Å². The van der Waals surface area contributed by atoms with E-state index in [0.29, 0.717) is 0 Å². The molecule has 0 radical (unpaired) electrons. The predicted molar refractivity (Wildman–Crippen MR) is 174 cm³/mol. The third-order valence-corrected chi connectivity index (χ3v) is 12.4. The fourth-order valence-corrected chi connectivity index (χ4v) is 8.55. The molecule has 1 heterocycles. The van der Waals surface area contributed by atoms with Gasteiger partial charge in [0, 0.05) is 25.2 Å². The highest BCUT2D eigenvalue weighted by atomic mass is 32.2. The van der Waals surface area contributed by atoms with Gasteiger partial charge in [-0.25, -0.2) is 26.3 Å². The van der Waals surface area contributed by atoms with E-state index in [1.165, 1.54) is 48.5 Å². The minimum absolute atomic E-state index is 0.0348. The van der Waals surface area contributed by atoms with E-state index in [1.807, 2.05) is 0 Å². The first-order chi connectivity index (χ1) is 22.6. The first-order valence-electron chi connectivity index (χ1n) is 14.4. The second kappa shape index (κ2) is 14.1. The van der Waals surface area contributed by atoms with Crippen LogP contribution in [-0.4, -0.2) is 73.2 Å². The Morgan fingerprint density at radius 3 is 1.33 bits per heavy atom. The zero-order valence-corrected chi connectivity index (χ0v) is 29.0. The number of sulfonamides is 2. The van der Waals surface area contributed by atoms with E-state index >= 15 is 0 Å². The van der Waals surface area contributed by atoms with Crippen molar-refractivity contribution >= 4 is 51.1 Å². The Bertz CT molecular complexity index is 2100. The molecule has 258 valence electrons. The molecule has 5 rings (SSSR count). The van der Waals surface area contributed by atoms with Crippen LogP contribution in [0.5, 0.6) is 11.5 Å². The van der Waals surface area contributed by atoms with E-state index in [9.17, 15) is 33.7 Å². The van der Waals surface area contributed by atoms with Gasteiger partial charge < -0.3 is 17.8 Å². The van der Waals surface area contributed by atoms with Crippen LogP contribution < -0.4 is 17.8 Å². The fourth-order valence-electron chi connectivity index (χ4n) is 4.55. The van der Waals surface area contributed by atoms with Gasteiger partial charge in [-0.05, 0) is 55.6 Å². The molecule has 18 heteroatoms. The van der Waals surface area contributed by atoms with Crippen LogP contribution in [0.15, 0.2) is 92.4 Å². The van der Waals surface area contributed by atoms with E-state index < -0.39 is 61.6 Å². The molecule has 4 aromatic rings. The van der Waals surface area contributed by atoms with Crippen LogP contribution in [0.4, 0.5) is 0 Å². The van der Waals surface area contributed by atoms with Crippen molar-refractivity contribution in [2.45, 2.75) is 33.4 Å². The van der Waals surface area contributed by atoms with E-state index in [-0.39, 0.29) is 60.1 Å². The topological polar surface area (TPSA) is 198 Å². The van der Waals surface area contributed by atoms with E-state index in [1.54, 1.807) is 13.8 Å². The van der Waals surface area contributed by atoms with Gasteiger partial charge >= 0.3 is 20.2 Å². The van der Waals surface area contributed by atoms with Gasteiger partial charge in [-0.2, -0.15) is 16.8 Å². The molecule has 1 aliphatic rings. The van der Waals surface area contributed by atoms with E-state index in [4.69, 9.17) is 17.8 Å². The lowest BCUT2D eigenvalue weighted by atomic mass is 10.1. The quantitative estimate of drug-likeness (QED) is 0.275. The summed E-state index contributed by atoms with van der Waals surface area (Å²) in [4.78, 5) is -1.58. The lowest BCUT2D eigenvalue weighted by Gasteiger charge is -2.17. The molecule has 2 N–H and O–H groups in total. The summed E-state index contributed by atoms with van der Waals surface area (Å²) in [5, 5.41) is -0.551. The minimum atomic E-state index is -4.65. The Hall–Kier alpha value is -3.62. The largest absolute Gasteiger partial charge is 0.378 e. The highest BCUT2D eigenvalue weighted by molar-refractivity contribution is 7.90. The normalized spacial score (nSPS) is 17.5. The lowest BCUT2D eigenvalue weighted by molar-refractivity contribution is 0.0522. The molecule has 0 unspecified atom stereocenters. The number of nitrogens with one attached hydrogen (secondary N) is 2. The summed E-state index contributed by atoms with van der Waals surface area (Å²) in [6.45, 7) is 3.29. The maximum atomic E-state index is 13.5. The maximum Gasteiger partial charge on any atom is 0.339 e. The first-order valence-corrected chi connectivity index (χ1v) is 20.1. The molecule has 0 aliphatic carbocycles. The summed E-state index contributed by atoms with van der Waals surface area (Å²) in [6, 6.07) is 15.1. The van der Waals surface area contributed by atoms with Crippen molar-refractivity contribution in [2.24, 2.45) is 0 Å². The smallest absolute Gasteiger partial charge is 0.339 e. The molecule has 0 saturated carbocycles. The molecule has 48 heavy (non-hydrogen) atoms. The lowest BCUT2D eigenvalue weighted by Crippen LogP contribution is -2.28. The molecule has 0 amide bonds. The zero-order chi connectivity index (χ0) is 34.7. The maximum absolute atomic E-state index is 13.5. The summed E-state index contributed by atoms with van der Waals surface area (Å²) >= 11 is 0. The van der Waals surface area contributed by atoms with Gasteiger partial charge in [-0.15, -0.1) is 0 Å². The average Bonchev–Trinajstić information content (AvgIpc) is 3.01. The summed E-state index contributed by atoms with van der Waals surface area (Å²) in [6.07, 6.45) is 0. The van der Waals surface area contributed by atoms with E-state index in [2.05, 4.69) is 9.44 Å². The molecular formula is C30H32N2O12S4. The second-order valence-corrected chi connectivity index (χ2v) is 17.3.